The van der Waals surface area contributed by atoms with Crippen molar-refractivity contribution in [2.45, 2.75) is 13.8 Å². The molecule has 0 atom stereocenters. The second kappa shape index (κ2) is 9.75. The number of benzene rings is 1. The Bertz CT molecular complexity index is 962. The highest BCUT2D eigenvalue weighted by Gasteiger charge is 2.11. The maximum atomic E-state index is 12.4. The fourth-order valence-electron chi connectivity index (χ4n) is 2.39. The molecular weight excluding hydrogens is 382 g/mol. The molecule has 0 aliphatic carbocycles. The fourth-order valence-corrected chi connectivity index (χ4v) is 3.44. The SMILES string of the molecule is CO/C(=C\N)c1cc(-c2ccc(C)nc2)c(C)s1.O=Cc1c(F)cccc1F. The van der Waals surface area contributed by atoms with Crippen molar-refractivity contribution < 1.29 is 18.3 Å². The van der Waals surface area contributed by atoms with Crippen molar-refractivity contribution in [2.24, 2.45) is 5.73 Å². The van der Waals surface area contributed by atoms with Crippen LogP contribution in [0.2, 0.25) is 0 Å². The van der Waals surface area contributed by atoms with E-state index in [4.69, 9.17) is 10.5 Å². The maximum Gasteiger partial charge on any atom is 0.155 e. The largest absolute Gasteiger partial charge is 0.494 e. The topological polar surface area (TPSA) is 65.2 Å². The first-order chi connectivity index (χ1) is 13.4. The average molecular weight is 402 g/mol. The van der Waals surface area contributed by atoms with Crippen molar-refractivity contribution in [3.05, 3.63) is 81.4 Å². The summed E-state index contributed by atoms with van der Waals surface area (Å²) in [4.78, 5) is 16.6. The summed E-state index contributed by atoms with van der Waals surface area (Å²) >= 11 is 1.67. The number of rotatable bonds is 4. The van der Waals surface area contributed by atoms with Gasteiger partial charge in [-0.3, -0.25) is 9.78 Å². The number of ether oxygens (including phenoxy) is 1. The van der Waals surface area contributed by atoms with Gasteiger partial charge in [0.25, 0.3) is 0 Å². The average Bonchev–Trinajstić information content (AvgIpc) is 3.05. The second-order valence-electron chi connectivity index (χ2n) is 5.76. The van der Waals surface area contributed by atoms with Gasteiger partial charge in [0.2, 0.25) is 0 Å². The third-order valence-electron chi connectivity index (χ3n) is 3.87. The fraction of sp³-hybridized carbons (Fsp3) is 0.143. The van der Waals surface area contributed by atoms with Crippen LogP contribution in [0.15, 0.2) is 48.8 Å². The summed E-state index contributed by atoms with van der Waals surface area (Å²) < 4.78 is 30.0. The highest BCUT2D eigenvalue weighted by Crippen LogP contribution is 2.34. The molecule has 2 heterocycles. The van der Waals surface area contributed by atoms with E-state index in [9.17, 15) is 13.6 Å². The van der Waals surface area contributed by atoms with Gasteiger partial charge in [0, 0.05) is 28.5 Å². The number of thiophene rings is 1. The van der Waals surface area contributed by atoms with E-state index >= 15 is 0 Å². The zero-order chi connectivity index (χ0) is 20.7. The Hall–Kier alpha value is -3.06. The maximum absolute atomic E-state index is 12.4. The molecule has 4 nitrogen and oxygen atoms in total. The number of nitrogens with two attached hydrogens (primary N) is 1. The van der Waals surface area contributed by atoms with E-state index in [1.165, 1.54) is 22.7 Å². The van der Waals surface area contributed by atoms with E-state index in [-0.39, 0.29) is 6.29 Å². The molecular formula is C21H20F2N2O2S. The predicted molar refractivity (Wildman–Crippen MR) is 108 cm³/mol. The molecule has 0 aliphatic heterocycles. The predicted octanol–water partition coefficient (Wildman–Crippen LogP) is 5.11. The van der Waals surface area contributed by atoms with Crippen LogP contribution in [0.1, 0.15) is 25.8 Å². The van der Waals surface area contributed by atoms with Crippen LogP contribution in [0.25, 0.3) is 16.9 Å². The van der Waals surface area contributed by atoms with Gasteiger partial charge in [0.15, 0.2) is 12.0 Å². The number of halogens is 2. The minimum Gasteiger partial charge on any atom is -0.494 e. The number of aldehydes is 1. The van der Waals surface area contributed by atoms with Crippen molar-refractivity contribution in [2.75, 3.05) is 7.11 Å². The minimum atomic E-state index is -0.824. The first kappa shape index (κ1) is 21.2. The number of aryl methyl sites for hydroxylation is 2. The molecule has 0 radical (unpaired) electrons. The quantitative estimate of drug-likeness (QED) is 0.487. The standard InChI is InChI=1S/C14H16N2OS.C7H4F2O/c1-9-4-5-11(8-16-9)12-6-14(18-10(12)2)13(7-15)17-3;8-6-2-1-3-7(9)5(6)4-10/h4-8H,15H2,1-3H3;1-4H/b13-7-;. The van der Waals surface area contributed by atoms with Gasteiger partial charge in [0.05, 0.1) is 17.6 Å². The van der Waals surface area contributed by atoms with Crippen molar-refractivity contribution in [3.63, 3.8) is 0 Å². The monoisotopic (exact) mass is 402 g/mol. The Balaban J connectivity index is 0.000000237. The molecule has 7 heteroatoms. The molecule has 3 aromatic rings. The Morgan fingerprint density at radius 2 is 1.86 bits per heavy atom. The molecule has 0 amide bonds. The Morgan fingerprint density at radius 3 is 2.32 bits per heavy atom. The molecule has 1 aromatic carbocycles. The lowest BCUT2D eigenvalue weighted by Crippen LogP contribution is -1.91. The molecule has 0 fully saturated rings. The van der Waals surface area contributed by atoms with Crippen molar-refractivity contribution >= 4 is 23.4 Å². The molecule has 146 valence electrons. The van der Waals surface area contributed by atoms with Crippen molar-refractivity contribution in [1.82, 2.24) is 4.98 Å². The van der Waals surface area contributed by atoms with E-state index in [1.807, 2.05) is 19.2 Å². The summed E-state index contributed by atoms with van der Waals surface area (Å²) in [5.41, 5.74) is 8.35. The molecule has 2 N–H and O–H groups in total. The van der Waals surface area contributed by atoms with Crippen LogP contribution in [0, 0.1) is 25.5 Å². The van der Waals surface area contributed by atoms with E-state index in [2.05, 4.69) is 24.0 Å². The third kappa shape index (κ3) is 5.01. The summed E-state index contributed by atoms with van der Waals surface area (Å²) in [6, 6.07) is 9.47. The first-order valence-electron chi connectivity index (χ1n) is 8.30. The van der Waals surface area contributed by atoms with Gasteiger partial charge in [-0.1, -0.05) is 12.1 Å². The number of nitrogens with zero attached hydrogens (tertiary/aromatic N) is 1. The second-order valence-corrected chi connectivity index (χ2v) is 7.01. The third-order valence-corrected chi connectivity index (χ3v) is 4.94. The zero-order valence-corrected chi connectivity index (χ0v) is 16.5. The Labute approximate surface area is 166 Å². The van der Waals surface area contributed by atoms with Crippen LogP contribution < -0.4 is 5.73 Å². The van der Waals surface area contributed by atoms with E-state index in [0.717, 1.165) is 28.3 Å². The first-order valence-corrected chi connectivity index (χ1v) is 9.11. The Morgan fingerprint density at radius 1 is 1.18 bits per heavy atom. The van der Waals surface area contributed by atoms with Crippen LogP contribution in [-0.4, -0.2) is 18.4 Å². The summed E-state index contributed by atoms with van der Waals surface area (Å²) in [5, 5.41) is 0. The molecule has 0 bridgehead atoms. The lowest BCUT2D eigenvalue weighted by Gasteiger charge is -2.01. The molecule has 0 saturated heterocycles. The number of hydrogen-bond acceptors (Lipinski definition) is 5. The lowest BCUT2D eigenvalue weighted by molar-refractivity contribution is 0.111. The number of carbonyl (C=O) groups excluding carboxylic acids is 1. The number of carbonyl (C=O) groups is 1. The number of hydrogen-bond donors (Lipinski definition) is 1. The normalized spacial score (nSPS) is 10.8. The van der Waals surface area contributed by atoms with Gasteiger partial charge in [-0.15, -0.1) is 11.3 Å². The van der Waals surface area contributed by atoms with Gasteiger partial charge >= 0.3 is 0 Å². The summed E-state index contributed by atoms with van der Waals surface area (Å²) in [7, 11) is 1.63. The smallest absolute Gasteiger partial charge is 0.155 e. The van der Waals surface area contributed by atoms with Crippen LogP contribution in [0.5, 0.6) is 0 Å². The molecule has 28 heavy (non-hydrogen) atoms. The lowest BCUT2D eigenvalue weighted by atomic mass is 10.1. The van der Waals surface area contributed by atoms with Gasteiger partial charge in [-0.05, 0) is 43.7 Å². The zero-order valence-electron chi connectivity index (χ0n) is 15.7. The summed E-state index contributed by atoms with van der Waals surface area (Å²) in [6.07, 6.45) is 3.54. The van der Waals surface area contributed by atoms with Crippen molar-refractivity contribution in [3.8, 4) is 11.1 Å². The summed E-state index contributed by atoms with van der Waals surface area (Å²) in [5.74, 6) is -0.945. The van der Waals surface area contributed by atoms with Crippen LogP contribution in [0.3, 0.4) is 0 Å². The van der Waals surface area contributed by atoms with Crippen LogP contribution in [0.4, 0.5) is 8.78 Å². The van der Waals surface area contributed by atoms with E-state index in [0.29, 0.717) is 5.76 Å². The van der Waals surface area contributed by atoms with Gasteiger partial charge in [-0.25, -0.2) is 8.78 Å². The molecule has 0 unspecified atom stereocenters. The highest BCUT2D eigenvalue weighted by atomic mass is 32.1. The van der Waals surface area contributed by atoms with Gasteiger partial charge in [0.1, 0.15) is 11.6 Å². The van der Waals surface area contributed by atoms with Crippen LogP contribution in [-0.2, 0) is 4.74 Å². The van der Waals surface area contributed by atoms with E-state index < -0.39 is 17.2 Å². The molecule has 3 rings (SSSR count). The molecule has 0 spiro atoms. The number of pyridine rings is 1. The van der Waals surface area contributed by atoms with E-state index in [1.54, 1.807) is 18.4 Å². The molecule has 2 aromatic heterocycles. The van der Waals surface area contributed by atoms with Gasteiger partial charge < -0.3 is 10.5 Å². The van der Waals surface area contributed by atoms with Crippen molar-refractivity contribution in [1.29, 1.82) is 0 Å². The number of aromatic nitrogens is 1. The minimum absolute atomic E-state index is 0.157. The summed E-state index contributed by atoms with van der Waals surface area (Å²) in [6.45, 7) is 4.07. The molecule has 0 aliphatic rings. The number of methoxy groups -OCH3 is 1. The Kier molecular flexibility index (Phi) is 7.40. The van der Waals surface area contributed by atoms with Gasteiger partial charge in [-0.2, -0.15) is 0 Å². The highest BCUT2D eigenvalue weighted by molar-refractivity contribution is 7.13. The van der Waals surface area contributed by atoms with Crippen LogP contribution >= 0.6 is 11.3 Å². The molecule has 0 saturated carbocycles.